The molecule has 0 saturated heterocycles. The molecule has 3 aromatic rings. The topological polar surface area (TPSA) is 43.1 Å². The Balaban J connectivity index is 2.34. The van der Waals surface area contributed by atoms with E-state index in [4.69, 9.17) is 28.9 Å². The highest BCUT2D eigenvalue weighted by Crippen LogP contribution is 2.41. The van der Waals surface area contributed by atoms with Crippen LogP contribution in [-0.4, -0.2) is 5.91 Å². The van der Waals surface area contributed by atoms with Crippen LogP contribution in [0.1, 0.15) is 10.4 Å². The highest BCUT2D eigenvalue weighted by Gasteiger charge is 2.21. The molecular weight excluding hydrogens is 329 g/mol. The molecule has 0 aliphatic rings. The number of primary amides is 1. The van der Waals surface area contributed by atoms with E-state index in [0.717, 1.165) is 11.1 Å². The van der Waals surface area contributed by atoms with Gasteiger partial charge in [0.25, 0.3) is 5.91 Å². The van der Waals surface area contributed by atoms with Crippen LogP contribution in [0.4, 0.5) is 0 Å². The van der Waals surface area contributed by atoms with Crippen molar-refractivity contribution in [2.24, 2.45) is 5.73 Å². The van der Waals surface area contributed by atoms with Gasteiger partial charge in [0.1, 0.15) is 0 Å². The van der Waals surface area contributed by atoms with Crippen molar-refractivity contribution in [3.63, 3.8) is 0 Å². The number of carbonyl (C=O) groups is 1. The highest BCUT2D eigenvalue weighted by atomic mass is 35.5. The van der Waals surface area contributed by atoms with E-state index >= 15 is 0 Å². The number of hydrogen-bond donors (Lipinski definition) is 1. The lowest BCUT2D eigenvalue weighted by Crippen LogP contribution is -2.13. The molecule has 2 nitrogen and oxygen atoms in total. The molecule has 113 valence electrons. The average molecular weight is 341 g/mol. The van der Waals surface area contributed by atoms with Crippen LogP contribution >= 0.6 is 23.2 Å². The lowest BCUT2D eigenvalue weighted by molar-refractivity contribution is 0.100. The smallest absolute Gasteiger partial charge is 0.251 e. The fraction of sp³-hybridized carbons (Fsp3) is 0. The van der Waals surface area contributed by atoms with E-state index in [1.54, 1.807) is 6.07 Å². The molecule has 3 aromatic carbocycles. The number of benzene rings is 3. The Kier molecular flexibility index (Phi) is 4.37. The molecule has 0 fully saturated rings. The number of nitrogens with two attached hydrogens (primary N) is 1. The minimum Gasteiger partial charge on any atom is -0.366 e. The van der Waals surface area contributed by atoms with Gasteiger partial charge in [-0.25, -0.2) is 0 Å². The predicted molar refractivity (Wildman–Crippen MR) is 94.7 cm³/mol. The van der Waals surface area contributed by atoms with Crippen LogP contribution < -0.4 is 5.73 Å². The van der Waals surface area contributed by atoms with E-state index in [1.165, 1.54) is 0 Å². The van der Waals surface area contributed by atoms with E-state index in [-0.39, 0.29) is 15.6 Å². The van der Waals surface area contributed by atoms with Gasteiger partial charge in [0, 0.05) is 11.1 Å². The fourth-order valence-electron chi connectivity index (χ4n) is 2.44. The van der Waals surface area contributed by atoms with Gasteiger partial charge in [-0.3, -0.25) is 4.79 Å². The Morgan fingerprint density at radius 1 is 0.913 bits per heavy atom. The van der Waals surface area contributed by atoms with Crippen LogP contribution in [0.15, 0.2) is 60.7 Å². The number of hydrogen-bond acceptors (Lipinski definition) is 1. The minimum absolute atomic E-state index is 0.127. The Hall–Kier alpha value is -2.29. The first kappa shape index (κ1) is 15.6. The van der Waals surface area contributed by atoms with Crippen molar-refractivity contribution < 1.29 is 4.79 Å². The van der Waals surface area contributed by atoms with Gasteiger partial charge in [-0.15, -0.1) is 0 Å². The van der Waals surface area contributed by atoms with Crippen molar-refractivity contribution >= 4 is 29.1 Å². The Morgan fingerprint density at radius 2 is 1.57 bits per heavy atom. The predicted octanol–water partition coefficient (Wildman–Crippen LogP) is 5.23. The second-order valence-corrected chi connectivity index (χ2v) is 5.74. The molecule has 0 aliphatic carbocycles. The first-order valence-corrected chi connectivity index (χ1v) is 7.69. The summed E-state index contributed by atoms with van der Waals surface area (Å²) < 4.78 is 0. The first-order valence-electron chi connectivity index (χ1n) is 6.94. The van der Waals surface area contributed by atoms with Crippen LogP contribution in [0.3, 0.4) is 0 Å². The summed E-state index contributed by atoms with van der Waals surface area (Å²) in [5.74, 6) is -0.657. The van der Waals surface area contributed by atoms with Crippen LogP contribution in [0.25, 0.3) is 22.3 Å². The number of carbonyl (C=O) groups excluding carboxylic acids is 1. The summed E-state index contributed by atoms with van der Waals surface area (Å²) in [4.78, 5) is 11.9. The molecule has 0 heterocycles. The largest absolute Gasteiger partial charge is 0.366 e. The van der Waals surface area contributed by atoms with Crippen LogP contribution in [0, 0.1) is 6.07 Å². The van der Waals surface area contributed by atoms with Gasteiger partial charge in [-0.2, -0.15) is 0 Å². The van der Waals surface area contributed by atoms with E-state index in [0.29, 0.717) is 11.1 Å². The standard InChI is InChI=1S/C19H12Cl2NO/c20-17-14(12-7-3-1-4-8-12)11-15(13-9-5-2-6-10-13)18(21)16(17)19(22)23/h1-9,11H,(H2,22,23). The van der Waals surface area contributed by atoms with Crippen LogP contribution in [-0.2, 0) is 0 Å². The number of halogens is 2. The summed E-state index contributed by atoms with van der Waals surface area (Å²) in [6, 6.07) is 21.9. The minimum atomic E-state index is -0.657. The summed E-state index contributed by atoms with van der Waals surface area (Å²) in [6.45, 7) is 0. The second kappa shape index (κ2) is 6.45. The van der Waals surface area contributed by atoms with E-state index in [9.17, 15) is 4.79 Å². The molecule has 0 atom stereocenters. The Bertz CT molecular complexity index is 798. The van der Waals surface area contributed by atoms with Gasteiger partial charge in [0.05, 0.1) is 15.6 Å². The lowest BCUT2D eigenvalue weighted by Gasteiger charge is -2.14. The van der Waals surface area contributed by atoms with Crippen molar-refractivity contribution in [3.8, 4) is 22.3 Å². The summed E-state index contributed by atoms with van der Waals surface area (Å²) in [6.07, 6.45) is 0. The second-order valence-electron chi connectivity index (χ2n) is 4.98. The molecule has 0 unspecified atom stereocenters. The maximum absolute atomic E-state index is 11.9. The third kappa shape index (κ3) is 2.96. The molecule has 0 spiro atoms. The molecule has 0 saturated carbocycles. The normalized spacial score (nSPS) is 10.5. The summed E-state index contributed by atoms with van der Waals surface area (Å²) in [5, 5.41) is 0.498. The maximum atomic E-state index is 11.9. The molecule has 1 amide bonds. The molecule has 0 aliphatic heterocycles. The summed E-state index contributed by atoms with van der Waals surface area (Å²) in [5.41, 5.74) is 8.65. The number of rotatable bonds is 3. The molecule has 23 heavy (non-hydrogen) atoms. The fourth-order valence-corrected chi connectivity index (χ4v) is 3.18. The maximum Gasteiger partial charge on any atom is 0.251 e. The van der Waals surface area contributed by atoms with Gasteiger partial charge in [0.2, 0.25) is 0 Å². The SMILES string of the molecule is NC(=O)c1c(Cl)c(-c2[c]cccc2)cc(-c2ccccc2)c1Cl. The van der Waals surface area contributed by atoms with E-state index in [2.05, 4.69) is 6.07 Å². The van der Waals surface area contributed by atoms with Crippen molar-refractivity contribution in [3.05, 3.63) is 82.3 Å². The first-order chi connectivity index (χ1) is 11.1. The molecule has 2 N–H and O–H groups in total. The quantitative estimate of drug-likeness (QED) is 0.697. The van der Waals surface area contributed by atoms with Gasteiger partial charge in [-0.05, 0) is 23.3 Å². The van der Waals surface area contributed by atoms with Gasteiger partial charge in [-0.1, -0.05) is 77.8 Å². The third-order valence-electron chi connectivity index (χ3n) is 3.53. The lowest BCUT2D eigenvalue weighted by atomic mass is 9.95. The Morgan fingerprint density at radius 3 is 2.17 bits per heavy atom. The highest BCUT2D eigenvalue weighted by molar-refractivity contribution is 6.43. The van der Waals surface area contributed by atoms with E-state index in [1.807, 2.05) is 54.6 Å². The zero-order chi connectivity index (χ0) is 16.4. The number of amides is 1. The third-order valence-corrected chi connectivity index (χ3v) is 4.32. The summed E-state index contributed by atoms with van der Waals surface area (Å²) in [7, 11) is 0. The van der Waals surface area contributed by atoms with Crippen molar-refractivity contribution in [2.45, 2.75) is 0 Å². The van der Waals surface area contributed by atoms with Gasteiger partial charge in [0.15, 0.2) is 0 Å². The molecule has 0 aromatic heterocycles. The van der Waals surface area contributed by atoms with Crippen molar-refractivity contribution in [2.75, 3.05) is 0 Å². The van der Waals surface area contributed by atoms with Crippen molar-refractivity contribution in [1.29, 1.82) is 0 Å². The zero-order valence-corrected chi connectivity index (χ0v) is 13.5. The molecule has 0 bridgehead atoms. The average Bonchev–Trinajstić information content (AvgIpc) is 2.56. The Labute approximate surface area is 144 Å². The van der Waals surface area contributed by atoms with E-state index < -0.39 is 5.91 Å². The molecular formula is C19H12Cl2NO. The molecule has 4 heteroatoms. The zero-order valence-electron chi connectivity index (χ0n) is 12.0. The van der Waals surface area contributed by atoms with Crippen LogP contribution in [0.5, 0.6) is 0 Å². The molecule has 1 radical (unpaired) electrons. The molecule has 3 rings (SSSR count). The monoisotopic (exact) mass is 340 g/mol. The van der Waals surface area contributed by atoms with Gasteiger partial charge < -0.3 is 5.73 Å². The van der Waals surface area contributed by atoms with Crippen molar-refractivity contribution in [1.82, 2.24) is 0 Å². The summed E-state index contributed by atoms with van der Waals surface area (Å²) >= 11 is 12.8. The van der Waals surface area contributed by atoms with Gasteiger partial charge >= 0.3 is 0 Å². The van der Waals surface area contributed by atoms with Crippen LogP contribution in [0.2, 0.25) is 10.0 Å².